The highest BCUT2D eigenvalue weighted by molar-refractivity contribution is 7.18. The van der Waals surface area contributed by atoms with Crippen LogP contribution in [0.3, 0.4) is 0 Å². The van der Waals surface area contributed by atoms with Gasteiger partial charge in [-0.1, -0.05) is 6.07 Å². The van der Waals surface area contributed by atoms with Gasteiger partial charge in [0, 0.05) is 4.88 Å². The summed E-state index contributed by atoms with van der Waals surface area (Å²) >= 11 is 3.28. The van der Waals surface area contributed by atoms with Gasteiger partial charge in [0.2, 0.25) is 5.89 Å². The first kappa shape index (κ1) is 13.4. The summed E-state index contributed by atoms with van der Waals surface area (Å²) in [7, 11) is 0. The smallest absolute Gasteiger partial charge is 0.236 e. The fourth-order valence-electron chi connectivity index (χ4n) is 2.19. The Hall–Kier alpha value is -2.25. The number of thiophene rings is 2. The Balaban J connectivity index is 1.54. The van der Waals surface area contributed by atoms with Crippen molar-refractivity contribution in [2.45, 2.75) is 13.5 Å². The molecule has 0 aliphatic rings. The lowest BCUT2D eigenvalue weighted by Gasteiger charge is -2.03. The van der Waals surface area contributed by atoms with E-state index >= 15 is 0 Å². The Labute approximate surface area is 134 Å². The molecule has 0 atom stereocenters. The standard InChI is InChI=1S/C15H12N4OS2/c1-9-5-11-13(17-8-18-15(11)22-9)16-6-10-7-20-14(19-10)12-3-2-4-21-12/h2-5,7-8H,6H2,1H3,(H,16,17,18). The largest absolute Gasteiger partial charge is 0.443 e. The van der Waals surface area contributed by atoms with Crippen molar-refractivity contribution in [3.05, 3.63) is 46.7 Å². The molecular formula is C15H12N4OS2. The van der Waals surface area contributed by atoms with Gasteiger partial charge in [0.15, 0.2) is 0 Å². The molecule has 0 saturated heterocycles. The summed E-state index contributed by atoms with van der Waals surface area (Å²) in [5.74, 6) is 1.49. The lowest BCUT2D eigenvalue weighted by Crippen LogP contribution is -2.02. The number of aromatic nitrogens is 3. The molecule has 0 radical (unpaired) electrons. The molecule has 4 aromatic heterocycles. The normalized spacial score (nSPS) is 11.1. The van der Waals surface area contributed by atoms with E-state index in [0.29, 0.717) is 12.4 Å². The van der Waals surface area contributed by atoms with Gasteiger partial charge in [0.25, 0.3) is 0 Å². The maximum absolute atomic E-state index is 5.52. The molecule has 0 unspecified atom stereocenters. The molecule has 4 heterocycles. The number of rotatable bonds is 4. The van der Waals surface area contributed by atoms with E-state index in [0.717, 1.165) is 26.6 Å². The van der Waals surface area contributed by atoms with Crippen LogP contribution >= 0.6 is 22.7 Å². The molecule has 22 heavy (non-hydrogen) atoms. The Bertz CT molecular complexity index is 911. The molecule has 0 spiro atoms. The van der Waals surface area contributed by atoms with Gasteiger partial charge < -0.3 is 9.73 Å². The number of hydrogen-bond acceptors (Lipinski definition) is 7. The van der Waals surface area contributed by atoms with Crippen LogP contribution in [0.5, 0.6) is 0 Å². The summed E-state index contributed by atoms with van der Waals surface area (Å²) in [6.07, 6.45) is 3.26. The van der Waals surface area contributed by atoms with Crippen molar-refractivity contribution in [1.82, 2.24) is 15.0 Å². The first-order chi connectivity index (χ1) is 10.8. The van der Waals surface area contributed by atoms with Crippen LogP contribution in [0.15, 0.2) is 40.6 Å². The molecule has 4 aromatic rings. The Morgan fingerprint density at radius 2 is 2.27 bits per heavy atom. The number of nitrogens with zero attached hydrogens (tertiary/aromatic N) is 3. The van der Waals surface area contributed by atoms with Gasteiger partial charge in [-0.25, -0.2) is 15.0 Å². The number of oxazole rings is 1. The average Bonchev–Trinajstić information content (AvgIpc) is 3.24. The molecule has 7 heteroatoms. The van der Waals surface area contributed by atoms with E-state index in [4.69, 9.17) is 4.42 Å². The summed E-state index contributed by atoms with van der Waals surface area (Å²) in [6, 6.07) is 6.08. The average molecular weight is 328 g/mol. The molecule has 0 amide bonds. The van der Waals surface area contributed by atoms with E-state index in [9.17, 15) is 0 Å². The van der Waals surface area contributed by atoms with E-state index < -0.39 is 0 Å². The van der Waals surface area contributed by atoms with Crippen molar-refractivity contribution in [3.8, 4) is 10.8 Å². The molecule has 0 aromatic carbocycles. The number of aryl methyl sites for hydroxylation is 1. The van der Waals surface area contributed by atoms with Crippen molar-refractivity contribution in [2.75, 3.05) is 5.32 Å². The molecule has 4 rings (SSSR count). The zero-order chi connectivity index (χ0) is 14.9. The minimum absolute atomic E-state index is 0.565. The predicted octanol–water partition coefficient (Wildman–Crippen LogP) is 4.33. The Kier molecular flexibility index (Phi) is 3.36. The van der Waals surface area contributed by atoms with Gasteiger partial charge in [0.1, 0.15) is 23.2 Å². The Morgan fingerprint density at radius 1 is 1.32 bits per heavy atom. The van der Waals surface area contributed by atoms with Crippen molar-refractivity contribution < 1.29 is 4.42 Å². The fourth-order valence-corrected chi connectivity index (χ4v) is 3.70. The van der Waals surface area contributed by atoms with Crippen molar-refractivity contribution in [1.29, 1.82) is 0 Å². The highest BCUT2D eigenvalue weighted by Gasteiger charge is 2.10. The molecule has 0 bridgehead atoms. The van der Waals surface area contributed by atoms with E-state index in [2.05, 4.69) is 33.3 Å². The van der Waals surface area contributed by atoms with Gasteiger partial charge in [-0.2, -0.15) is 0 Å². The molecular weight excluding hydrogens is 316 g/mol. The first-order valence-corrected chi connectivity index (χ1v) is 8.42. The quantitative estimate of drug-likeness (QED) is 0.604. The number of fused-ring (bicyclic) bond motifs is 1. The molecule has 0 aliphatic heterocycles. The Morgan fingerprint density at radius 3 is 3.14 bits per heavy atom. The molecule has 0 aliphatic carbocycles. The van der Waals surface area contributed by atoms with Crippen LogP contribution in [-0.4, -0.2) is 15.0 Å². The van der Waals surface area contributed by atoms with Crippen LogP contribution in [0.25, 0.3) is 21.0 Å². The SMILES string of the molecule is Cc1cc2c(NCc3coc(-c4cccs4)n3)ncnc2s1. The van der Waals surface area contributed by atoms with E-state index in [1.165, 1.54) is 4.88 Å². The monoisotopic (exact) mass is 328 g/mol. The van der Waals surface area contributed by atoms with Crippen LogP contribution in [0.2, 0.25) is 0 Å². The second kappa shape index (κ2) is 5.51. The van der Waals surface area contributed by atoms with Crippen LogP contribution in [0.4, 0.5) is 5.82 Å². The minimum Gasteiger partial charge on any atom is -0.443 e. The number of hydrogen-bond donors (Lipinski definition) is 1. The molecule has 0 fully saturated rings. The zero-order valence-corrected chi connectivity index (χ0v) is 13.4. The van der Waals surface area contributed by atoms with Crippen molar-refractivity contribution >= 4 is 38.7 Å². The highest BCUT2D eigenvalue weighted by atomic mass is 32.1. The van der Waals surface area contributed by atoms with Crippen LogP contribution in [0.1, 0.15) is 10.6 Å². The summed E-state index contributed by atoms with van der Waals surface area (Å²) in [4.78, 5) is 16.4. The summed E-state index contributed by atoms with van der Waals surface area (Å²) in [5.41, 5.74) is 0.849. The van der Waals surface area contributed by atoms with E-state index in [-0.39, 0.29) is 0 Å². The third-order valence-electron chi connectivity index (χ3n) is 3.17. The lowest BCUT2D eigenvalue weighted by molar-refractivity contribution is 0.574. The zero-order valence-electron chi connectivity index (χ0n) is 11.7. The van der Waals surface area contributed by atoms with Gasteiger partial charge >= 0.3 is 0 Å². The van der Waals surface area contributed by atoms with Gasteiger partial charge in [0.05, 0.1) is 22.5 Å². The van der Waals surface area contributed by atoms with E-state index in [1.54, 1.807) is 35.3 Å². The molecule has 110 valence electrons. The molecule has 1 N–H and O–H groups in total. The maximum Gasteiger partial charge on any atom is 0.236 e. The molecule has 0 saturated carbocycles. The van der Waals surface area contributed by atoms with Crippen LogP contribution in [-0.2, 0) is 6.54 Å². The molecule has 5 nitrogen and oxygen atoms in total. The third kappa shape index (κ3) is 2.49. The predicted molar refractivity (Wildman–Crippen MR) is 89.3 cm³/mol. The van der Waals surface area contributed by atoms with Crippen LogP contribution < -0.4 is 5.32 Å². The topological polar surface area (TPSA) is 63.8 Å². The fraction of sp³-hybridized carbons (Fsp3) is 0.133. The third-order valence-corrected chi connectivity index (χ3v) is 4.99. The van der Waals surface area contributed by atoms with Gasteiger partial charge in [-0.15, -0.1) is 22.7 Å². The van der Waals surface area contributed by atoms with Crippen molar-refractivity contribution in [2.24, 2.45) is 0 Å². The summed E-state index contributed by atoms with van der Waals surface area (Å²) in [5, 5.41) is 6.37. The lowest BCUT2D eigenvalue weighted by atomic mass is 10.3. The second-order valence-electron chi connectivity index (χ2n) is 4.77. The van der Waals surface area contributed by atoms with Crippen molar-refractivity contribution in [3.63, 3.8) is 0 Å². The highest BCUT2D eigenvalue weighted by Crippen LogP contribution is 2.28. The summed E-state index contributed by atoms with van der Waals surface area (Å²) < 4.78 is 5.52. The minimum atomic E-state index is 0.565. The van der Waals surface area contributed by atoms with E-state index in [1.807, 2.05) is 17.5 Å². The number of anilines is 1. The second-order valence-corrected chi connectivity index (χ2v) is 6.96. The van der Waals surface area contributed by atoms with Gasteiger partial charge in [-0.3, -0.25) is 0 Å². The first-order valence-electron chi connectivity index (χ1n) is 6.73. The maximum atomic E-state index is 5.52. The summed E-state index contributed by atoms with van der Waals surface area (Å²) in [6.45, 7) is 2.64. The number of nitrogens with one attached hydrogen (secondary N) is 1. The van der Waals surface area contributed by atoms with Gasteiger partial charge in [-0.05, 0) is 24.4 Å². The van der Waals surface area contributed by atoms with Crippen LogP contribution in [0, 0.1) is 6.92 Å².